The van der Waals surface area contributed by atoms with E-state index in [1.807, 2.05) is 13.8 Å². The van der Waals surface area contributed by atoms with Gasteiger partial charge in [0, 0.05) is 13.8 Å². The number of ether oxygens (including phenoxy) is 2. The average molecular weight is 230 g/mol. The normalized spacial score (nSPS) is 14.0. The van der Waals surface area contributed by atoms with Crippen molar-refractivity contribution in [3.63, 3.8) is 0 Å². The van der Waals surface area contributed by atoms with E-state index in [-0.39, 0.29) is 11.9 Å². The summed E-state index contributed by atoms with van der Waals surface area (Å²) in [7, 11) is 0. The number of hydrogen-bond acceptors (Lipinski definition) is 4. The van der Waals surface area contributed by atoms with Crippen LogP contribution in [0.25, 0.3) is 0 Å². The van der Waals surface area contributed by atoms with Gasteiger partial charge in [-0.25, -0.2) is 0 Å². The predicted octanol–water partition coefficient (Wildman–Crippen LogP) is 2.17. The monoisotopic (exact) mass is 230 g/mol. The molecule has 0 N–H and O–H groups in total. The van der Waals surface area contributed by atoms with Crippen LogP contribution in [0.5, 0.6) is 0 Å². The van der Waals surface area contributed by atoms with Gasteiger partial charge in [-0.1, -0.05) is 13.8 Å². The molecule has 4 nitrogen and oxygen atoms in total. The van der Waals surface area contributed by atoms with E-state index in [2.05, 4.69) is 0 Å². The molecule has 0 spiro atoms. The fraction of sp³-hybridized carbons (Fsp3) is 0.833. The third kappa shape index (κ3) is 9.49. The summed E-state index contributed by atoms with van der Waals surface area (Å²) in [5.41, 5.74) is 0. The van der Waals surface area contributed by atoms with Crippen LogP contribution < -0.4 is 0 Å². The van der Waals surface area contributed by atoms with E-state index in [0.29, 0.717) is 25.0 Å². The van der Waals surface area contributed by atoms with E-state index >= 15 is 0 Å². The zero-order valence-corrected chi connectivity index (χ0v) is 10.6. The molecule has 0 unspecified atom stereocenters. The molecular formula is C12H22O4. The van der Waals surface area contributed by atoms with Crippen molar-refractivity contribution in [2.45, 2.75) is 40.5 Å². The summed E-state index contributed by atoms with van der Waals surface area (Å²) in [5.74, 6) is 0.229. The molecule has 0 rings (SSSR count). The molecule has 0 aromatic carbocycles. The Labute approximate surface area is 97.3 Å². The van der Waals surface area contributed by atoms with E-state index in [9.17, 15) is 9.59 Å². The van der Waals surface area contributed by atoms with Gasteiger partial charge >= 0.3 is 11.9 Å². The van der Waals surface area contributed by atoms with Crippen molar-refractivity contribution in [1.29, 1.82) is 0 Å². The third-order valence-electron chi connectivity index (χ3n) is 2.29. The van der Waals surface area contributed by atoms with Gasteiger partial charge in [-0.05, 0) is 24.7 Å². The Kier molecular flexibility index (Phi) is 7.60. The maximum Gasteiger partial charge on any atom is 0.302 e. The highest BCUT2D eigenvalue weighted by Crippen LogP contribution is 2.13. The molecule has 0 amide bonds. The Balaban J connectivity index is 3.54. The molecule has 0 saturated carbocycles. The van der Waals surface area contributed by atoms with E-state index in [0.717, 1.165) is 12.8 Å². The summed E-state index contributed by atoms with van der Waals surface area (Å²) >= 11 is 0. The number of rotatable bonds is 7. The molecule has 0 bridgehead atoms. The summed E-state index contributed by atoms with van der Waals surface area (Å²) in [4.78, 5) is 21.2. The number of carbonyl (C=O) groups excluding carboxylic acids is 2. The highest BCUT2D eigenvalue weighted by molar-refractivity contribution is 5.66. The smallest absolute Gasteiger partial charge is 0.302 e. The highest BCUT2D eigenvalue weighted by atomic mass is 16.5. The van der Waals surface area contributed by atoms with Crippen LogP contribution in [0, 0.1) is 11.8 Å². The van der Waals surface area contributed by atoms with Gasteiger partial charge in [0.15, 0.2) is 0 Å². The predicted molar refractivity (Wildman–Crippen MR) is 60.8 cm³/mol. The SMILES string of the molecule is CC(=O)OC[C@H](C)CC[C@H](C)COC(C)=O. The Morgan fingerprint density at radius 2 is 1.19 bits per heavy atom. The first kappa shape index (κ1) is 14.9. The second kappa shape index (κ2) is 8.13. The first-order valence-corrected chi connectivity index (χ1v) is 5.68. The van der Waals surface area contributed by atoms with E-state index < -0.39 is 0 Å². The van der Waals surface area contributed by atoms with Gasteiger partial charge in [0.1, 0.15) is 0 Å². The second-order valence-electron chi connectivity index (χ2n) is 4.39. The van der Waals surface area contributed by atoms with E-state index in [1.54, 1.807) is 0 Å². The molecule has 0 aromatic rings. The number of carbonyl (C=O) groups is 2. The maximum atomic E-state index is 10.6. The van der Waals surface area contributed by atoms with Crippen LogP contribution in [0.4, 0.5) is 0 Å². The Bertz CT molecular complexity index is 201. The van der Waals surface area contributed by atoms with Crippen molar-refractivity contribution in [3.05, 3.63) is 0 Å². The summed E-state index contributed by atoms with van der Waals surface area (Å²) in [6, 6.07) is 0. The van der Waals surface area contributed by atoms with Crippen molar-refractivity contribution in [3.8, 4) is 0 Å². The molecular weight excluding hydrogens is 208 g/mol. The Morgan fingerprint density at radius 3 is 1.44 bits per heavy atom. The summed E-state index contributed by atoms with van der Waals surface area (Å²) in [6.07, 6.45) is 1.94. The van der Waals surface area contributed by atoms with Crippen molar-refractivity contribution < 1.29 is 19.1 Å². The Morgan fingerprint density at radius 1 is 0.875 bits per heavy atom. The lowest BCUT2D eigenvalue weighted by Crippen LogP contribution is -2.13. The molecule has 2 atom stereocenters. The van der Waals surface area contributed by atoms with Gasteiger partial charge in [-0.15, -0.1) is 0 Å². The van der Waals surface area contributed by atoms with Gasteiger partial charge in [-0.3, -0.25) is 9.59 Å². The molecule has 0 aliphatic carbocycles. The molecule has 0 aliphatic heterocycles. The van der Waals surface area contributed by atoms with Crippen LogP contribution in [-0.2, 0) is 19.1 Å². The van der Waals surface area contributed by atoms with Gasteiger partial charge in [-0.2, -0.15) is 0 Å². The minimum absolute atomic E-state index is 0.236. The topological polar surface area (TPSA) is 52.6 Å². The fourth-order valence-corrected chi connectivity index (χ4v) is 1.25. The zero-order valence-electron chi connectivity index (χ0n) is 10.6. The van der Waals surface area contributed by atoms with Gasteiger partial charge in [0.25, 0.3) is 0 Å². The molecule has 4 heteroatoms. The third-order valence-corrected chi connectivity index (χ3v) is 2.29. The van der Waals surface area contributed by atoms with E-state index in [1.165, 1.54) is 13.8 Å². The van der Waals surface area contributed by atoms with Crippen molar-refractivity contribution in [2.75, 3.05) is 13.2 Å². The van der Waals surface area contributed by atoms with E-state index in [4.69, 9.17) is 9.47 Å². The fourth-order valence-electron chi connectivity index (χ4n) is 1.25. The molecule has 0 radical (unpaired) electrons. The average Bonchev–Trinajstić information content (AvgIpc) is 2.20. The lowest BCUT2D eigenvalue weighted by atomic mass is 9.99. The molecule has 0 aromatic heterocycles. The van der Waals surface area contributed by atoms with Gasteiger partial charge < -0.3 is 9.47 Å². The van der Waals surface area contributed by atoms with Crippen LogP contribution in [0.1, 0.15) is 40.5 Å². The van der Waals surface area contributed by atoms with Crippen LogP contribution >= 0.6 is 0 Å². The van der Waals surface area contributed by atoms with Crippen molar-refractivity contribution in [1.82, 2.24) is 0 Å². The number of hydrogen-bond donors (Lipinski definition) is 0. The standard InChI is InChI=1S/C12H22O4/c1-9(7-15-11(3)13)5-6-10(2)8-16-12(4)14/h9-10H,5-8H2,1-4H3/t9-,10+. The van der Waals surface area contributed by atoms with Gasteiger partial charge in [0.2, 0.25) is 0 Å². The highest BCUT2D eigenvalue weighted by Gasteiger charge is 2.09. The molecule has 0 aliphatic rings. The minimum atomic E-state index is -0.236. The zero-order chi connectivity index (χ0) is 12.6. The lowest BCUT2D eigenvalue weighted by molar-refractivity contribution is -0.143. The summed E-state index contributed by atoms with van der Waals surface area (Å²) in [6.45, 7) is 7.85. The first-order valence-electron chi connectivity index (χ1n) is 5.68. The molecule has 0 saturated heterocycles. The maximum absolute atomic E-state index is 10.6. The summed E-state index contributed by atoms with van der Waals surface area (Å²) < 4.78 is 9.82. The van der Waals surface area contributed by atoms with Crippen molar-refractivity contribution >= 4 is 11.9 Å². The summed E-state index contributed by atoms with van der Waals surface area (Å²) in [5, 5.41) is 0. The largest absolute Gasteiger partial charge is 0.466 e. The molecule has 0 heterocycles. The van der Waals surface area contributed by atoms with Crippen molar-refractivity contribution in [2.24, 2.45) is 11.8 Å². The lowest BCUT2D eigenvalue weighted by Gasteiger charge is -2.15. The second-order valence-corrected chi connectivity index (χ2v) is 4.39. The van der Waals surface area contributed by atoms with Gasteiger partial charge in [0.05, 0.1) is 13.2 Å². The van der Waals surface area contributed by atoms with Crippen LogP contribution in [-0.4, -0.2) is 25.2 Å². The molecule has 16 heavy (non-hydrogen) atoms. The van der Waals surface area contributed by atoms with Crippen LogP contribution in [0.15, 0.2) is 0 Å². The van der Waals surface area contributed by atoms with Crippen LogP contribution in [0.3, 0.4) is 0 Å². The quantitative estimate of drug-likeness (QED) is 0.629. The molecule has 0 fully saturated rings. The number of esters is 2. The first-order chi connectivity index (χ1) is 7.41. The Hall–Kier alpha value is -1.06. The minimum Gasteiger partial charge on any atom is -0.466 e. The van der Waals surface area contributed by atoms with Crippen LogP contribution in [0.2, 0.25) is 0 Å². The molecule has 94 valence electrons.